The van der Waals surface area contributed by atoms with Gasteiger partial charge in [0.2, 0.25) is 0 Å². The molecule has 134 valence electrons. The molecule has 0 aromatic heterocycles. The highest BCUT2D eigenvalue weighted by Gasteiger charge is 2.61. The molecule has 0 aromatic rings. The third kappa shape index (κ3) is 2.12. The maximum Gasteiger partial charge on any atom is 0.161 e. The van der Waals surface area contributed by atoms with Crippen molar-refractivity contribution in [1.29, 1.82) is 0 Å². The fraction of sp³-hybridized carbons (Fsp3) is 0.905. The van der Waals surface area contributed by atoms with Crippen LogP contribution in [-0.2, 0) is 9.59 Å². The Morgan fingerprint density at radius 3 is 2.46 bits per heavy atom. The molecule has 0 aliphatic heterocycles. The maximum absolute atomic E-state index is 12.3. The SMILES string of the molecule is CC(=O)[C@H]1CC[C@H]2[C@@H]3CCC4CC(O)C(=O)C[C@]4(C)[C@H]3CC[C@]12C. The fourth-order valence-electron chi connectivity index (χ4n) is 7.76. The number of hydrogen-bond donors (Lipinski definition) is 1. The Kier molecular flexibility index (Phi) is 3.77. The first-order valence-corrected chi connectivity index (χ1v) is 9.98. The van der Waals surface area contributed by atoms with Crippen LogP contribution in [0.2, 0.25) is 0 Å². The van der Waals surface area contributed by atoms with Gasteiger partial charge in [0, 0.05) is 12.3 Å². The number of fused-ring (bicyclic) bond motifs is 5. The number of ketones is 2. The van der Waals surface area contributed by atoms with E-state index in [0.717, 1.165) is 25.7 Å². The van der Waals surface area contributed by atoms with Crippen molar-refractivity contribution < 1.29 is 14.7 Å². The zero-order valence-corrected chi connectivity index (χ0v) is 15.4. The van der Waals surface area contributed by atoms with Crippen molar-refractivity contribution in [2.45, 2.75) is 78.2 Å². The van der Waals surface area contributed by atoms with E-state index in [1.165, 1.54) is 12.8 Å². The zero-order chi connectivity index (χ0) is 17.3. The number of Topliss-reactive ketones (excluding diaryl/α,β-unsaturated/α-hetero) is 2. The molecule has 1 N–H and O–H groups in total. The topological polar surface area (TPSA) is 54.4 Å². The molecule has 4 rings (SSSR count). The number of carbonyl (C=O) groups excluding carboxylic acids is 2. The third-order valence-electron chi connectivity index (χ3n) is 8.99. The van der Waals surface area contributed by atoms with Crippen molar-refractivity contribution in [3.05, 3.63) is 0 Å². The summed E-state index contributed by atoms with van der Waals surface area (Å²) in [6, 6.07) is 0. The molecule has 0 amide bonds. The first-order valence-electron chi connectivity index (χ1n) is 9.98. The average Bonchev–Trinajstić information content (AvgIpc) is 2.86. The summed E-state index contributed by atoms with van der Waals surface area (Å²) in [5, 5.41) is 10.0. The molecule has 8 atom stereocenters. The van der Waals surface area contributed by atoms with Gasteiger partial charge in [-0.1, -0.05) is 13.8 Å². The van der Waals surface area contributed by atoms with E-state index in [1.54, 1.807) is 6.92 Å². The maximum atomic E-state index is 12.3. The van der Waals surface area contributed by atoms with Crippen LogP contribution in [0, 0.1) is 40.4 Å². The van der Waals surface area contributed by atoms with E-state index in [0.29, 0.717) is 42.3 Å². The van der Waals surface area contributed by atoms with Crippen molar-refractivity contribution >= 4 is 11.6 Å². The molecular weight excluding hydrogens is 300 g/mol. The monoisotopic (exact) mass is 332 g/mol. The van der Waals surface area contributed by atoms with Crippen LogP contribution >= 0.6 is 0 Å². The van der Waals surface area contributed by atoms with Crippen LogP contribution in [0.25, 0.3) is 0 Å². The Balaban J connectivity index is 1.64. The molecule has 4 aliphatic rings. The van der Waals surface area contributed by atoms with Crippen LogP contribution in [0.5, 0.6) is 0 Å². The van der Waals surface area contributed by atoms with Crippen LogP contribution in [-0.4, -0.2) is 22.8 Å². The molecule has 3 nitrogen and oxygen atoms in total. The van der Waals surface area contributed by atoms with Gasteiger partial charge >= 0.3 is 0 Å². The second-order valence-electron chi connectivity index (χ2n) is 9.84. The molecule has 0 bridgehead atoms. The van der Waals surface area contributed by atoms with Crippen molar-refractivity contribution in [1.82, 2.24) is 0 Å². The summed E-state index contributed by atoms with van der Waals surface area (Å²) in [4.78, 5) is 24.4. The highest BCUT2D eigenvalue weighted by atomic mass is 16.3. The molecule has 0 aromatic carbocycles. The summed E-state index contributed by atoms with van der Waals surface area (Å²) >= 11 is 0. The van der Waals surface area contributed by atoms with Crippen molar-refractivity contribution in [2.24, 2.45) is 40.4 Å². The van der Waals surface area contributed by atoms with Gasteiger partial charge in [0.25, 0.3) is 0 Å². The Morgan fingerprint density at radius 2 is 1.75 bits per heavy atom. The molecule has 3 heteroatoms. The van der Waals surface area contributed by atoms with Gasteiger partial charge in [-0.05, 0) is 86.4 Å². The number of aliphatic hydroxyl groups is 1. The van der Waals surface area contributed by atoms with Crippen molar-refractivity contribution in [3.63, 3.8) is 0 Å². The van der Waals surface area contributed by atoms with Crippen molar-refractivity contribution in [3.8, 4) is 0 Å². The minimum Gasteiger partial charge on any atom is -0.385 e. The smallest absolute Gasteiger partial charge is 0.161 e. The molecule has 0 heterocycles. The van der Waals surface area contributed by atoms with Gasteiger partial charge in [0.05, 0.1) is 0 Å². The predicted octanol–water partition coefficient (Wildman–Crippen LogP) is 3.77. The van der Waals surface area contributed by atoms with E-state index >= 15 is 0 Å². The average molecular weight is 332 g/mol. The van der Waals surface area contributed by atoms with E-state index < -0.39 is 6.10 Å². The summed E-state index contributed by atoms with van der Waals surface area (Å²) in [5.74, 6) is 3.15. The normalized spacial score (nSPS) is 53.9. The highest BCUT2D eigenvalue weighted by Crippen LogP contribution is 2.67. The lowest BCUT2D eigenvalue weighted by Gasteiger charge is -2.60. The number of hydrogen-bond acceptors (Lipinski definition) is 3. The molecule has 2 unspecified atom stereocenters. The summed E-state index contributed by atoms with van der Waals surface area (Å²) in [6.07, 6.45) is 7.48. The largest absolute Gasteiger partial charge is 0.385 e. The second kappa shape index (κ2) is 5.40. The minimum atomic E-state index is -0.720. The molecule has 24 heavy (non-hydrogen) atoms. The van der Waals surface area contributed by atoms with E-state index in [9.17, 15) is 14.7 Å². The van der Waals surface area contributed by atoms with Crippen LogP contribution in [0.1, 0.15) is 72.1 Å². The second-order valence-corrected chi connectivity index (χ2v) is 9.84. The lowest BCUT2D eigenvalue weighted by Crippen LogP contribution is -2.56. The van der Waals surface area contributed by atoms with Gasteiger partial charge in [-0.2, -0.15) is 0 Å². The summed E-state index contributed by atoms with van der Waals surface area (Å²) < 4.78 is 0. The van der Waals surface area contributed by atoms with Crippen LogP contribution in [0.15, 0.2) is 0 Å². The first kappa shape index (κ1) is 16.8. The van der Waals surface area contributed by atoms with E-state index in [1.807, 2.05) is 0 Å². The van der Waals surface area contributed by atoms with Gasteiger partial charge in [-0.25, -0.2) is 0 Å². The molecule has 4 saturated carbocycles. The lowest BCUT2D eigenvalue weighted by molar-refractivity contribution is -0.155. The lowest BCUT2D eigenvalue weighted by atomic mass is 9.44. The van der Waals surface area contributed by atoms with E-state index in [4.69, 9.17) is 0 Å². The number of aliphatic hydroxyl groups excluding tert-OH is 1. The quantitative estimate of drug-likeness (QED) is 0.795. The Hall–Kier alpha value is -0.700. The molecule has 4 aliphatic carbocycles. The van der Waals surface area contributed by atoms with Crippen LogP contribution < -0.4 is 0 Å². The Labute approximate surface area is 145 Å². The highest BCUT2D eigenvalue weighted by molar-refractivity contribution is 5.84. The summed E-state index contributed by atoms with van der Waals surface area (Å²) in [6.45, 7) is 6.49. The molecule has 0 spiro atoms. The van der Waals surface area contributed by atoms with Crippen molar-refractivity contribution in [2.75, 3.05) is 0 Å². The standard InChI is InChI=1S/C21H32O3/c1-12(22)15-6-7-16-14-5-4-13-10-18(23)19(24)11-21(13,3)17(14)8-9-20(15,16)2/h13-18,23H,4-11H2,1-3H3/t13?,14-,15+,16-,17-,18?,20+,21-/m0/s1. The molecular formula is C21H32O3. The molecule has 0 radical (unpaired) electrons. The van der Waals surface area contributed by atoms with Gasteiger partial charge < -0.3 is 5.11 Å². The number of rotatable bonds is 1. The Morgan fingerprint density at radius 1 is 1.04 bits per heavy atom. The van der Waals surface area contributed by atoms with Gasteiger partial charge in [-0.3, -0.25) is 9.59 Å². The van der Waals surface area contributed by atoms with E-state index in [-0.39, 0.29) is 22.5 Å². The van der Waals surface area contributed by atoms with E-state index in [2.05, 4.69) is 13.8 Å². The molecule has 0 saturated heterocycles. The fourth-order valence-corrected chi connectivity index (χ4v) is 7.76. The van der Waals surface area contributed by atoms with Gasteiger partial charge in [0.15, 0.2) is 5.78 Å². The first-order chi connectivity index (χ1) is 11.3. The predicted molar refractivity (Wildman–Crippen MR) is 92.3 cm³/mol. The van der Waals surface area contributed by atoms with Crippen LogP contribution in [0.3, 0.4) is 0 Å². The molecule has 4 fully saturated rings. The third-order valence-corrected chi connectivity index (χ3v) is 8.99. The van der Waals surface area contributed by atoms with Gasteiger partial charge in [-0.15, -0.1) is 0 Å². The zero-order valence-electron chi connectivity index (χ0n) is 15.4. The summed E-state index contributed by atoms with van der Waals surface area (Å²) in [7, 11) is 0. The number of carbonyl (C=O) groups is 2. The van der Waals surface area contributed by atoms with Crippen LogP contribution in [0.4, 0.5) is 0 Å². The Bertz CT molecular complexity index is 569. The van der Waals surface area contributed by atoms with Gasteiger partial charge in [0.1, 0.15) is 11.9 Å². The minimum absolute atomic E-state index is 0.0655. The summed E-state index contributed by atoms with van der Waals surface area (Å²) in [5.41, 5.74) is 0.267.